The standard InChI is InChI=1S/C20H20ClN5O2/c1-14-5-6-18(12-22-14)28-20(27)25-9-7-17(8-10-25)26-13-19(23-24-26)15-3-2-4-16(21)11-15/h2-6,11-13,17H,7-10H2,1H3. The van der Waals surface area contributed by atoms with E-state index in [0.29, 0.717) is 23.9 Å². The van der Waals surface area contributed by atoms with Gasteiger partial charge < -0.3 is 9.64 Å². The molecule has 8 heteroatoms. The van der Waals surface area contributed by atoms with Crippen LogP contribution in [0.15, 0.2) is 48.8 Å². The topological polar surface area (TPSA) is 73.1 Å². The number of likely N-dealkylation sites (tertiary alicyclic amines) is 1. The smallest absolute Gasteiger partial charge is 0.409 e. The van der Waals surface area contributed by atoms with E-state index in [1.165, 1.54) is 0 Å². The van der Waals surface area contributed by atoms with Crippen LogP contribution in [-0.2, 0) is 0 Å². The Bertz CT molecular complexity index is 965. The van der Waals surface area contributed by atoms with E-state index in [1.807, 2.05) is 48.1 Å². The van der Waals surface area contributed by atoms with E-state index in [2.05, 4.69) is 15.3 Å². The molecule has 0 atom stereocenters. The van der Waals surface area contributed by atoms with E-state index >= 15 is 0 Å². The number of hydrogen-bond donors (Lipinski definition) is 0. The minimum absolute atomic E-state index is 0.200. The second-order valence-electron chi connectivity index (χ2n) is 6.82. The molecule has 3 heterocycles. The minimum Gasteiger partial charge on any atom is -0.409 e. The molecule has 1 aromatic carbocycles. The van der Waals surface area contributed by atoms with Crippen LogP contribution in [0.2, 0.25) is 5.02 Å². The zero-order valence-electron chi connectivity index (χ0n) is 15.5. The molecule has 0 N–H and O–H groups in total. The van der Waals surface area contributed by atoms with E-state index in [1.54, 1.807) is 17.2 Å². The molecule has 0 aliphatic carbocycles. The van der Waals surface area contributed by atoms with Crippen molar-refractivity contribution in [3.05, 3.63) is 59.5 Å². The number of rotatable bonds is 3. The predicted octanol–water partition coefficient (Wildman–Crippen LogP) is 4.14. The summed E-state index contributed by atoms with van der Waals surface area (Å²) in [6.07, 6.45) is 4.73. The van der Waals surface area contributed by atoms with Gasteiger partial charge in [0.2, 0.25) is 0 Å². The molecule has 0 bridgehead atoms. The highest BCUT2D eigenvalue weighted by Crippen LogP contribution is 2.26. The Hall–Kier alpha value is -2.93. The second kappa shape index (κ2) is 7.98. The number of amides is 1. The first-order chi connectivity index (χ1) is 13.6. The number of benzene rings is 1. The fourth-order valence-corrected chi connectivity index (χ4v) is 3.42. The first-order valence-corrected chi connectivity index (χ1v) is 9.53. The number of carbonyl (C=O) groups excluding carboxylic acids is 1. The van der Waals surface area contributed by atoms with E-state index in [0.717, 1.165) is 29.8 Å². The lowest BCUT2D eigenvalue weighted by Gasteiger charge is -2.30. The summed E-state index contributed by atoms with van der Waals surface area (Å²) in [6.45, 7) is 3.10. The van der Waals surface area contributed by atoms with Crippen LogP contribution in [0.4, 0.5) is 4.79 Å². The monoisotopic (exact) mass is 397 g/mol. The van der Waals surface area contributed by atoms with Gasteiger partial charge in [0.05, 0.1) is 18.4 Å². The molecule has 3 aromatic rings. The highest BCUT2D eigenvalue weighted by Gasteiger charge is 2.26. The van der Waals surface area contributed by atoms with Gasteiger partial charge in [-0.15, -0.1) is 5.10 Å². The Morgan fingerprint density at radius 1 is 1.21 bits per heavy atom. The van der Waals surface area contributed by atoms with Gasteiger partial charge in [-0.3, -0.25) is 4.98 Å². The van der Waals surface area contributed by atoms with Crippen molar-refractivity contribution in [2.75, 3.05) is 13.1 Å². The number of aryl methyl sites for hydroxylation is 1. The van der Waals surface area contributed by atoms with Crippen molar-refractivity contribution >= 4 is 17.7 Å². The highest BCUT2D eigenvalue weighted by atomic mass is 35.5. The minimum atomic E-state index is -0.345. The third kappa shape index (κ3) is 4.14. The van der Waals surface area contributed by atoms with Gasteiger partial charge >= 0.3 is 6.09 Å². The maximum atomic E-state index is 12.3. The third-order valence-corrected chi connectivity index (χ3v) is 5.05. The van der Waals surface area contributed by atoms with Crippen LogP contribution in [0.25, 0.3) is 11.3 Å². The number of hydrogen-bond acceptors (Lipinski definition) is 5. The molecule has 1 amide bonds. The maximum Gasteiger partial charge on any atom is 0.415 e. The summed E-state index contributed by atoms with van der Waals surface area (Å²) in [5.74, 6) is 0.458. The molecule has 4 rings (SSSR count). The zero-order valence-corrected chi connectivity index (χ0v) is 16.2. The SMILES string of the molecule is Cc1ccc(OC(=O)N2CCC(n3cc(-c4cccc(Cl)c4)nn3)CC2)cn1. The van der Waals surface area contributed by atoms with Crippen molar-refractivity contribution in [2.45, 2.75) is 25.8 Å². The number of nitrogens with zero attached hydrogens (tertiary/aromatic N) is 5. The Balaban J connectivity index is 1.35. The Kier molecular flexibility index (Phi) is 5.25. The molecule has 28 heavy (non-hydrogen) atoms. The summed E-state index contributed by atoms with van der Waals surface area (Å²) >= 11 is 6.05. The van der Waals surface area contributed by atoms with Crippen LogP contribution in [-0.4, -0.2) is 44.1 Å². The number of pyridine rings is 1. The normalized spacial score (nSPS) is 14.9. The largest absolute Gasteiger partial charge is 0.415 e. The Labute approximate surface area is 167 Å². The molecular formula is C20H20ClN5O2. The summed E-state index contributed by atoms with van der Waals surface area (Å²) in [5.41, 5.74) is 2.60. The summed E-state index contributed by atoms with van der Waals surface area (Å²) in [4.78, 5) is 18.2. The van der Waals surface area contributed by atoms with Gasteiger partial charge in [-0.05, 0) is 44.0 Å². The van der Waals surface area contributed by atoms with Crippen LogP contribution in [0.3, 0.4) is 0 Å². The molecule has 144 valence electrons. The number of carbonyl (C=O) groups is 1. The quantitative estimate of drug-likeness (QED) is 0.664. The highest BCUT2D eigenvalue weighted by molar-refractivity contribution is 6.30. The van der Waals surface area contributed by atoms with E-state index in [9.17, 15) is 4.79 Å². The Morgan fingerprint density at radius 3 is 2.75 bits per heavy atom. The first-order valence-electron chi connectivity index (χ1n) is 9.16. The third-order valence-electron chi connectivity index (χ3n) is 4.82. The van der Waals surface area contributed by atoms with E-state index in [4.69, 9.17) is 16.3 Å². The first kappa shape index (κ1) is 18.4. The van der Waals surface area contributed by atoms with Crippen LogP contribution < -0.4 is 4.74 Å². The van der Waals surface area contributed by atoms with Crippen LogP contribution in [0.1, 0.15) is 24.6 Å². The van der Waals surface area contributed by atoms with Gasteiger partial charge in [0, 0.05) is 29.4 Å². The maximum absolute atomic E-state index is 12.3. The molecule has 0 spiro atoms. The lowest BCUT2D eigenvalue weighted by molar-refractivity contribution is 0.129. The van der Waals surface area contributed by atoms with Gasteiger partial charge in [-0.2, -0.15) is 0 Å². The number of ether oxygens (including phenoxy) is 1. The van der Waals surface area contributed by atoms with Crippen molar-refractivity contribution in [2.24, 2.45) is 0 Å². The summed E-state index contributed by atoms with van der Waals surface area (Å²) in [5, 5.41) is 9.20. The molecule has 2 aromatic heterocycles. The molecule has 0 radical (unpaired) electrons. The fraction of sp³-hybridized carbons (Fsp3) is 0.300. The van der Waals surface area contributed by atoms with Gasteiger partial charge in [-0.1, -0.05) is 28.9 Å². The molecule has 1 aliphatic rings. The van der Waals surface area contributed by atoms with Crippen molar-refractivity contribution in [1.82, 2.24) is 24.9 Å². The van der Waals surface area contributed by atoms with Crippen molar-refractivity contribution < 1.29 is 9.53 Å². The second-order valence-corrected chi connectivity index (χ2v) is 7.25. The van der Waals surface area contributed by atoms with Gasteiger partial charge in [-0.25, -0.2) is 9.48 Å². The van der Waals surface area contributed by atoms with Crippen molar-refractivity contribution in [3.8, 4) is 17.0 Å². The summed E-state index contributed by atoms with van der Waals surface area (Å²) < 4.78 is 7.28. The molecular weight excluding hydrogens is 378 g/mol. The lowest BCUT2D eigenvalue weighted by Crippen LogP contribution is -2.40. The molecule has 0 saturated carbocycles. The fourth-order valence-electron chi connectivity index (χ4n) is 3.23. The zero-order chi connectivity index (χ0) is 19.5. The van der Waals surface area contributed by atoms with Crippen molar-refractivity contribution in [1.29, 1.82) is 0 Å². The van der Waals surface area contributed by atoms with Crippen LogP contribution in [0, 0.1) is 6.92 Å². The molecule has 7 nitrogen and oxygen atoms in total. The van der Waals surface area contributed by atoms with Crippen LogP contribution in [0.5, 0.6) is 5.75 Å². The predicted molar refractivity (Wildman–Crippen MR) is 105 cm³/mol. The molecule has 1 aliphatic heterocycles. The number of piperidine rings is 1. The number of aromatic nitrogens is 4. The number of halogens is 1. The van der Waals surface area contributed by atoms with Gasteiger partial charge in [0.15, 0.2) is 5.75 Å². The molecule has 0 unspecified atom stereocenters. The lowest BCUT2D eigenvalue weighted by atomic mass is 10.1. The average molecular weight is 398 g/mol. The summed E-state index contributed by atoms with van der Waals surface area (Å²) in [7, 11) is 0. The average Bonchev–Trinajstić information content (AvgIpc) is 3.20. The molecule has 1 saturated heterocycles. The van der Waals surface area contributed by atoms with E-state index < -0.39 is 0 Å². The van der Waals surface area contributed by atoms with Crippen LogP contribution >= 0.6 is 11.6 Å². The molecule has 1 fully saturated rings. The van der Waals surface area contributed by atoms with Crippen molar-refractivity contribution in [3.63, 3.8) is 0 Å². The Morgan fingerprint density at radius 2 is 2.04 bits per heavy atom. The van der Waals surface area contributed by atoms with Gasteiger partial charge in [0.25, 0.3) is 0 Å². The van der Waals surface area contributed by atoms with E-state index in [-0.39, 0.29) is 12.1 Å². The summed E-state index contributed by atoms with van der Waals surface area (Å²) in [6, 6.07) is 11.3. The van der Waals surface area contributed by atoms with Gasteiger partial charge in [0.1, 0.15) is 5.69 Å².